The molecule has 1 aromatic heterocycles. The summed E-state index contributed by atoms with van der Waals surface area (Å²) in [6, 6.07) is 4.01. The molecule has 0 saturated carbocycles. The molecule has 0 radical (unpaired) electrons. The second kappa shape index (κ2) is 5.47. The minimum atomic E-state index is -0.137. The second-order valence-electron chi connectivity index (χ2n) is 3.71. The lowest BCUT2D eigenvalue weighted by atomic mass is 9.96. The van der Waals surface area contributed by atoms with E-state index >= 15 is 0 Å². The first-order valence-corrected chi connectivity index (χ1v) is 6.31. The molecule has 0 aromatic carbocycles. The fourth-order valence-electron chi connectivity index (χ4n) is 1.26. The molecule has 0 aliphatic rings. The van der Waals surface area contributed by atoms with Crippen LogP contribution in [0.4, 0.5) is 0 Å². The SMILES string of the molecule is CCSC(=S)NC(C)(C)c1ccncc1. The van der Waals surface area contributed by atoms with Crippen molar-refractivity contribution in [2.24, 2.45) is 0 Å². The van der Waals surface area contributed by atoms with E-state index in [-0.39, 0.29) is 5.54 Å². The van der Waals surface area contributed by atoms with Crippen LogP contribution in [0.15, 0.2) is 24.5 Å². The minimum absolute atomic E-state index is 0.137. The molecule has 0 atom stereocenters. The first-order chi connectivity index (χ1) is 7.06. The molecular weight excluding hydrogens is 224 g/mol. The van der Waals surface area contributed by atoms with Gasteiger partial charge >= 0.3 is 0 Å². The highest BCUT2D eigenvalue weighted by atomic mass is 32.2. The minimum Gasteiger partial charge on any atom is -0.362 e. The highest BCUT2D eigenvalue weighted by Crippen LogP contribution is 2.20. The summed E-state index contributed by atoms with van der Waals surface area (Å²) >= 11 is 6.90. The third kappa shape index (κ3) is 3.80. The van der Waals surface area contributed by atoms with E-state index in [9.17, 15) is 0 Å². The maximum Gasteiger partial charge on any atom is 0.134 e. The maximum atomic E-state index is 5.24. The molecule has 2 nitrogen and oxygen atoms in total. The molecule has 1 heterocycles. The molecule has 0 amide bonds. The van der Waals surface area contributed by atoms with Gasteiger partial charge < -0.3 is 5.32 Å². The first kappa shape index (κ1) is 12.5. The fourth-order valence-corrected chi connectivity index (χ4v) is 2.46. The lowest BCUT2D eigenvalue weighted by Gasteiger charge is -2.27. The molecule has 4 heteroatoms. The van der Waals surface area contributed by atoms with E-state index in [1.165, 1.54) is 5.56 Å². The predicted octanol–water partition coefficient (Wildman–Crippen LogP) is 2.94. The zero-order chi connectivity index (χ0) is 11.3. The summed E-state index contributed by atoms with van der Waals surface area (Å²) in [5, 5.41) is 3.34. The highest BCUT2D eigenvalue weighted by molar-refractivity contribution is 8.22. The normalized spacial score (nSPS) is 11.1. The topological polar surface area (TPSA) is 24.9 Å². The third-order valence-electron chi connectivity index (χ3n) is 2.09. The van der Waals surface area contributed by atoms with Crippen LogP contribution in [0.2, 0.25) is 0 Å². The second-order valence-corrected chi connectivity index (χ2v) is 5.65. The average molecular weight is 240 g/mol. The smallest absolute Gasteiger partial charge is 0.134 e. The fraction of sp³-hybridized carbons (Fsp3) is 0.455. The number of thioether (sulfide) groups is 1. The van der Waals surface area contributed by atoms with E-state index in [0.29, 0.717) is 0 Å². The van der Waals surface area contributed by atoms with Gasteiger partial charge in [0.25, 0.3) is 0 Å². The Bertz CT molecular complexity index is 323. The van der Waals surface area contributed by atoms with Gasteiger partial charge in [-0.2, -0.15) is 0 Å². The van der Waals surface area contributed by atoms with Crippen LogP contribution in [0.25, 0.3) is 0 Å². The van der Waals surface area contributed by atoms with Crippen molar-refractivity contribution in [2.45, 2.75) is 26.3 Å². The van der Waals surface area contributed by atoms with Crippen molar-refractivity contribution >= 4 is 28.3 Å². The van der Waals surface area contributed by atoms with Crippen molar-refractivity contribution in [1.82, 2.24) is 10.3 Å². The van der Waals surface area contributed by atoms with Gasteiger partial charge in [-0.15, -0.1) is 0 Å². The third-order valence-corrected chi connectivity index (χ3v) is 3.20. The van der Waals surface area contributed by atoms with Gasteiger partial charge in [0, 0.05) is 12.4 Å². The number of hydrogen-bond donors (Lipinski definition) is 1. The number of pyridine rings is 1. The van der Waals surface area contributed by atoms with E-state index in [1.807, 2.05) is 12.1 Å². The number of aromatic nitrogens is 1. The summed E-state index contributed by atoms with van der Waals surface area (Å²) in [5.41, 5.74) is 1.05. The molecule has 15 heavy (non-hydrogen) atoms. The Morgan fingerprint density at radius 3 is 2.60 bits per heavy atom. The standard InChI is InChI=1S/C11H16N2S2/c1-4-15-10(14)13-11(2,3)9-5-7-12-8-6-9/h5-8H,4H2,1-3H3,(H,13,14). The number of nitrogens with zero attached hydrogens (tertiary/aromatic N) is 1. The van der Waals surface area contributed by atoms with Gasteiger partial charge in [-0.05, 0) is 37.3 Å². The van der Waals surface area contributed by atoms with Gasteiger partial charge in [-0.25, -0.2) is 0 Å². The van der Waals surface area contributed by atoms with E-state index in [1.54, 1.807) is 24.2 Å². The van der Waals surface area contributed by atoms with Crippen molar-refractivity contribution in [3.63, 3.8) is 0 Å². The Kier molecular flexibility index (Phi) is 4.54. The Labute approximate surface area is 101 Å². The summed E-state index contributed by atoms with van der Waals surface area (Å²) in [7, 11) is 0. The van der Waals surface area contributed by atoms with E-state index in [4.69, 9.17) is 12.2 Å². The Morgan fingerprint density at radius 2 is 2.07 bits per heavy atom. The number of thiocarbonyl (C=S) groups is 1. The molecule has 1 N–H and O–H groups in total. The first-order valence-electron chi connectivity index (χ1n) is 4.91. The highest BCUT2D eigenvalue weighted by Gasteiger charge is 2.20. The van der Waals surface area contributed by atoms with Crippen LogP contribution in [-0.4, -0.2) is 15.1 Å². The summed E-state index contributed by atoms with van der Waals surface area (Å²) in [5.74, 6) is 0.998. The predicted molar refractivity (Wildman–Crippen MR) is 71.1 cm³/mol. The van der Waals surface area contributed by atoms with E-state index < -0.39 is 0 Å². The Morgan fingerprint density at radius 1 is 1.47 bits per heavy atom. The summed E-state index contributed by atoms with van der Waals surface area (Å²) < 4.78 is 0.847. The molecule has 0 unspecified atom stereocenters. The molecule has 1 rings (SSSR count). The van der Waals surface area contributed by atoms with Crippen LogP contribution in [0.1, 0.15) is 26.3 Å². The average Bonchev–Trinajstić information content (AvgIpc) is 2.18. The van der Waals surface area contributed by atoms with Crippen molar-refractivity contribution < 1.29 is 0 Å². The van der Waals surface area contributed by atoms with Gasteiger partial charge in [-0.3, -0.25) is 4.98 Å². The zero-order valence-electron chi connectivity index (χ0n) is 9.28. The number of nitrogens with one attached hydrogen (secondary N) is 1. The lowest BCUT2D eigenvalue weighted by Crippen LogP contribution is -2.38. The monoisotopic (exact) mass is 240 g/mol. The van der Waals surface area contributed by atoms with Crippen LogP contribution >= 0.6 is 24.0 Å². The molecule has 0 aliphatic heterocycles. The Hall–Kier alpha value is -0.610. The summed E-state index contributed by atoms with van der Waals surface area (Å²) in [6.45, 7) is 6.33. The van der Waals surface area contributed by atoms with Crippen LogP contribution in [-0.2, 0) is 5.54 Å². The molecule has 0 saturated heterocycles. The molecule has 82 valence electrons. The number of rotatable bonds is 3. The van der Waals surface area contributed by atoms with Crippen LogP contribution in [0, 0.1) is 0 Å². The van der Waals surface area contributed by atoms with Crippen LogP contribution < -0.4 is 5.32 Å². The van der Waals surface area contributed by atoms with Gasteiger partial charge in [0.05, 0.1) is 5.54 Å². The number of hydrogen-bond acceptors (Lipinski definition) is 3. The molecule has 0 aliphatic carbocycles. The van der Waals surface area contributed by atoms with E-state index in [2.05, 4.69) is 31.1 Å². The van der Waals surface area contributed by atoms with Crippen LogP contribution in [0.5, 0.6) is 0 Å². The van der Waals surface area contributed by atoms with E-state index in [0.717, 1.165) is 10.1 Å². The van der Waals surface area contributed by atoms with Crippen molar-refractivity contribution in [3.8, 4) is 0 Å². The lowest BCUT2D eigenvalue weighted by molar-refractivity contribution is 0.492. The van der Waals surface area contributed by atoms with Crippen LogP contribution in [0.3, 0.4) is 0 Å². The van der Waals surface area contributed by atoms with Gasteiger partial charge in [0.15, 0.2) is 0 Å². The van der Waals surface area contributed by atoms with Crippen molar-refractivity contribution in [1.29, 1.82) is 0 Å². The molecule has 0 spiro atoms. The summed E-state index contributed by atoms with van der Waals surface area (Å²) in [6.07, 6.45) is 3.60. The van der Waals surface area contributed by atoms with Gasteiger partial charge in [0.2, 0.25) is 0 Å². The molecule has 0 fully saturated rings. The van der Waals surface area contributed by atoms with Gasteiger partial charge in [0.1, 0.15) is 4.32 Å². The largest absolute Gasteiger partial charge is 0.362 e. The molecular formula is C11H16N2S2. The van der Waals surface area contributed by atoms with Crippen molar-refractivity contribution in [2.75, 3.05) is 5.75 Å². The summed E-state index contributed by atoms with van der Waals surface area (Å²) in [4.78, 5) is 4.01. The Balaban J connectivity index is 2.71. The molecule has 1 aromatic rings. The van der Waals surface area contributed by atoms with Gasteiger partial charge in [-0.1, -0.05) is 30.9 Å². The molecule has 0 bridgehead atoms. The quantitative estimate of drug-likeness (QED) is 0.821. The zero-order valence-corrected chi connectivity index (χ0v) is 10.9. The van der Waals surface area contributed by atoms with Crippen molar-refractivity contribution in [3.05, 3.63) is 30.1 Å². The maximum absolute atomic E-state index is 5.24.